The molecule has 0 spiro atoms. The maximum Gasteiger partial charge on any atom is 0.338 e. The zero-order chi connectivity index (χ0) is 15.3. The zero-order valence-electron chi connectivity index (χ0n) is 12.9. The lowest BCUT2D eigenvalue weighted by atomic mass is 10.0. The van der Waals surface area contributed by atoms with Crippen LogP contribution in [0.15, 0.2) is 18.2 Å². The number of nitrogens with one attached hydrogen (secondary N) is 1. The van der Waals surface area contributed by atoms with E-state index in [0.29, 0.717) is 17.7 Å². The Morgan fingerprint density at radius 1 is 1.25 bits per heavy atom. The fourth-order valence-corrected chi connectivity index (χ4v) is 2.38. The maximum absolute atomic E-state index is 12.0. The Bertz CT molecular complexity index is 506. The lowest BCUT2D eigenvalue weighted by Gasteiger charge is -2.16. The van der Waals surface area contributed by atoms with Gasteiger partial charge in [0.25, 0.3) is 5.91 Å². The summed E-state index contributed by atoms with van der Waals surface area (Å²) in [5.41, 5.74) is 1.84. The third-order valence-corrected chi connectivity index (χ3v) is 4.00. The average Bonchev–Trinajstić information content (AvgIpc) is 2.35. The highest BCUT2D eigenvalue weighted by Gasteiger charge is 2.16. The fraction of sp³-hybridized carbons (Fsp3) is 0.467. The summed E-state index contributed by atoms with van der Waals surface area (Å²) in [6.45, 7) is 10.5. The molecule has 0 aliphatic carbocycles. The minimum atomic E-state index is -1.31. The summed E-state index contributed by atoms with van der Waals surface area (Å²) >= 11 is 0. The fourth-order valence-electron chi connectivity index (χ4n) is 1.69. The van der Waals surface area contributed by atoms with Crippen molar-refractivity contribution in [2.24, 2.45) is 0 Å². The number of hydrogen-bond donors (Lipinski definition) is 1. The van der Waals surface area contributed by atoms with Gasteiger partial charge in [-0.2, -0.15) is 0 Å². The molecule has 5 heteroatoms. The monoisotopic (exact) mass is 293 g/mol. The van der Waals surface area contributed by atoms with Crippen molar-refractivity contribution in [3.8, 4) is 0 Å². The van der Waals surface area contributed by atoms with Crippen molar-refractivity contribution in [3.63, 3.8) is 0 Å². The summed E-state index contributed by atoms with van der Waals surface area (Å²) in [7, 11) is -1.31. The van der Waals surface area contributed by atoms with Crippen LogP contribution in [-0.2, 0) is 4.74 Å². The van der Waals surface area contributed by atoms with E-state index < -0.39 is 8.07 Å². The SMILES string of the molecule is CCOC(=O)c1ccc(C(=O)NC[Si](C)(C)C)cc1C. The summed E-state index contributed by atoms with van der Waals surface area (Å²) in [5.74, 6) is -0.440. The molecular weight excluding hydrogens is 270 g/mol. The van der Waals surface area contributed by atoms with E-state index >= 15 is 0 Å². The number of ether oxygens (including phenoxy) is 1. The molecule has 0 heterocycles. The van der Waals surface area contributed by atoms with Gasteiger partial charge in [0.2, 0.25) is 0 Å². The van der Waals surface area contributed by atoms with Gasteiger partial charge in [0.05, 0.1) is 20.2 Å². The van der Waals surface area contributed by atoms with Crippen LogP contribution in [0.2, 0.25) is 19.6 Å². The Balaban J connectivity index is 2.81. The van der Waals surface area contributed by atoms with Gasteiger partial charge in [-0.3, -0.25) is 4.79 Å². The van der Waals surface area contributed by atoms with Crippen molar-refractivity contribution < 1.29 is 14.3 Å². The van der Waals surface area contributed by atoms with Crippen LogP contribution in [0.25, 0.3) is 0 Å². The molecule has 110 valence electrons. The van der Waals surface area contributed by atoms with E-state index in [4.69, 9.17) is 4.74 Å². The van der Waals surface area contributed by atoms with Gasteiger partial charge in [-0.15, -0.1) is 0 Å². The summed E-state index contributed by atoms with van der Waals surface area (Å²) in [6, 6.07) is 5.04. The van der Waals surface area contributed by atoms with Crippen molar-refractivity contribution in [1.82, 2.24) is 5.32 Å². The molecular formula is C15H23NO3Si. The maximum atomic E-state index is 12.0. The minimum absolute atomic E-state index is 0.0917. The third-order valence-electron chi connectivity index (χ3n) is 2.76. The number of aryl methyl sites for hydroxylation is 1. The molecule has 1 rings (SSSR count). The van der Waals surface area contributed by atoms with E-state index in [-0.39, 0.29) is 11.9 Å². The molecule has 1 N–H and O–H groups in total. The van der Waals surface area contributed by atoms with E-state index in [1.807, 2.05) is 6.92 Å². The Morgan fingerprint density at radius 2 is 1.90 bits per heavy atom. The second-order valence-electron chi connectivity index (χ2n) is 5.99. The number of carbonyl (C=O) groups is 2. The number of amides is 1. The third kappa shape index (κ3) is 4.81. The summed E-state index contributed by atoms with van der Waals surface area (Å²) < 4.78 is 4.97. The Morgan fingerprint density at radius 3 is 2.40 bits per heavy atom. The van der Waals surface area contributed by atoms with Crippen molar-refractivity contribution in [3.05, 3.63) is 34.9 Å². The van der Waals surface area contributed by atoms with E-state index in [0.717, 1.165) is 11.7 Å². The van der Waals surface area contributed by atoms with Gasteiger partial charge in [-0.05, 0) is 37.6 Å². The molecule has 0 fully saturated rings. The molecule has 20 heavy (non-hydrogen) atoms. The molecule has 0 atom stereocenters. The predicted molar refractivity (Wildman–Crippen MR) is 82.8 cm³/mol. The summed E-state index contributed by atoms with van der Waals surface area (Å²) in [4.78, 5) is 23.7. The topological polar surface area (TPSA) is 55.4 Å². The molecule has 0 unspecified atom stereocenters. The minimum Gasteiger partial charge on any atom is -0.462 e. The number of carbonyl (C=O) groups excluding carboxylic acids is 2. The van der Waals surface area contributed by atoms with Crippen molar-refractivity contribution >= 4 is 20.0 Å². The van der Waals surface area contributed by atoms with E-state index in [1.54, 1.807) is 25.1 Å². The molecule has 1 amide bonds. The van der Waals surface area contributed by atoms with Crippen LogP contribution < -0.4 is 5.32 Å². The molecule has 1 aromatic rings. The van der Waals surface area contributed by atoms with Gasteiger partial charge < -0.3 is 10.1 Å². The van der Waals surface area contributed by atoms with Gasteiger partial charge in [-0.25, -0.2) is 4.79 Å². The Labute approximate surface area is 121 Å². The average molecular weight is 293 g/mol. The summed E-state index contributed by atoms with van der Waals surface area (Å²) in [5, 5.41) is 2.95. The molecule has 0 saturated heterocycles. The van der Waals surface area contributed by atoms with Gasteiger partial charge in [-0.1, -0.05) is 19.6 Å². The van der Waals surface area contributed by atoms with Crippen LogP contribution in [0.5, 0.6) is 0 Å². The molecule has 0 saturated carbocycles. The summed E-state index contributed by atoms with van der Waals surface area (Å²) in [6.07, 6.45) is 0.741. The van der Waals surface area contributed by atoms with E-state index in [1.165, 1.54) is 0 Å². The highest BCUT2D eigenvalue weighted by molar-refractivity contribution is 6.76. The van der Waals surface area contributed by atoms with Gasteiger partial charge in [0.15, 0.2) is 0 Å². The van der Waals surface area contributed by atoms with Crippen LogP contribution in [0.4, 0.5) is 0 Å². The first-order chi connectivity index (χ1) is 9.24. The lowest BCUT2D eigenvalue weighted by Crippen LogP contribution is -2.39. The molecule has 4 nitrogen and oxygen atoms in total. The van der Waals surface area contributed by atoms with E-state index in [9.17, 15) is 9.59 Å². The van der Waals surface area contributed by atoms with Crippen molar-refractivity contribution in [2.75, 3.05) is 12.8 Å². The standard InChI is InChI=1S/C15H23NO3Si/c1-6-19-15(18)13-8-7-12(9-11(13)2)14(17)16-10-20(3,4)5/h7-9H,6,10H2,1-5H3,(H,16,17). The quantitative estimate of drug-likeness (QED) is 0.671. The highest BCUT2D eigenvalue weighted by Crippen LogP contribution is 2.13. The first kappa shape index (κ1) is 16.4. The normalized spacial score (nSPS) is 11.1. The van der Waals surface area contributed by atoms with Crippen LogP contribution in [0, 0.1) is 6.92 Å². The predicted octanol–water partition coefficient (Wildman–Crippen LogP) is 2.78. The van der Waals surface area contributed by atoms with Gasteiger partial charge in [0.1, 0.15) is 0 Å². The lowest BCUT2D eigenvalue weighted by molar-refractivity contribution is 0.0525. The van der Waals surface area contributed by atoms with Crippen LogP contribution in [0.1, 0.15) is 33.2 Å². The van der Waals surface area contributed by atoms with Crippen molar-refractivity contribution in [2.45, 2.75) is 33.5 Å². The molecule has 0 radical (unpaired) electrons. The molecule has 0 aliphatic heterocycles. The number of hydrogen-bond acceptors (Lipinski definition) is 3. The molecule has 0 bridgehead atoms. The van der Waals surface area contributed by atoms with Gasteiger partial charge >= 0.3 is 5.97 Å². The highest BCUT2D eigenvalue weighted by atomic mass is 28.3. The molecule has 0 aromatic heterocycles. The zero-order valence-corrected chi connectivity index (χ0v) is 13.9. The number of esters is 1. The molecule has 0 aliphatic rings. The number of rotatable bonds is 5. The van der Waals surface area contributed by atoms with Gasteiger partial charge in [0, 0.05) is 11.7 Å². The van der Waals surface area contributed by atoms with Crippen molar-refractivity contribution in [1.29, 1.82) is 0 Å². The first-order valence-corrected chi connectivity index (χ1v) is 10.5. The first-order valence-electron chi connectivity index (χ1n) is 6.80. The smallest absolute Gasteiger partial charge is 0.338 e. The second kappa shape index (κ2) is 6.70. The van der Waals surface area contributed by atoms with E-state index in [2.05, 4.69) is 25.0 Å². The molecule has 1 aromatic carbocycles. The number of benzene rings is 1. The van der Waals surface area contributed by atoms with Crippen LogP contribution >= 0.6 is 0 Å². The largest absolute Gasteiger partial charge is 0.462 e. The Hall–Kier alpha value is -1.62. The second-order valence-corrected chi connectivity index (χ2v) is 11.5. The Kier molecular flexibility index (Phi) is 5.50. The van der Waals surface area contributed by atoms with Crippen LogP contribution in [0.3, 0.4) is 0 Å². The van der Waals surface area contributed by atoms with Crippen LogP contribution in [-0.4, -0.2) is 32.7 Å².